The van der Waals surface area contributed by atoms with Crippen LogP contribution in [0.15, 0.2) is 24.3 Å². The van der Waals surface area contributed by atoms with Crippen molar-refractivity contribution in [3.63, 3.8) is 0 Å². The first kappa shape index (κ1) is 18.1. The fraction of sp³-hybridized carbons (Fsp3) is 0.667. The summed E-state index contributed by atoms with van der Waals surface area (Å²) in [7, 11) is 1.91. The van der Waals surface area contributed by atoms with Gasteiger partial charge in [-0.2, -0.15) is 0 Å². The van der Waals surface area contributed by atoms with Gasteiger partial charge in [0.1, 0.15) is 5.82 Å². The predicted octanol–water partition coefficient (Wildman–Crippen LogP) is 4.23. The van der Waals surface area contributed by atoms with Gasteiger partial charge >= 0.3 is 0 Å². The molecule has 0 saturated carbocycles. The summed E-state index contributed by atoms with van der Waals surface area (Å²) in [4.78, 5) is 2.49. The van der Waals surface area contributed by atoms with E-state index in [2.05, 4.69) is 31.0 Å². The first-order valence-corrected chi connectivity index (χ1v) is 8.30. The van der Waals surface area contributed by atoms with Crippen molar-refractivity contribution in [2.75, 3.05) is 26.7 Å². The second kappa shape index (κ2) is 9.91. The second-order valence-electron chi connectivity index (χ2n) is 5.73. The molecule has 3 heteroatoms. The molecule has 0 spiro atoms. The van der Waals surface area contributed by atoms with Crippen molar-refractivity contribution >= 4 is 0 Å². The zero-order chi connectivity index (χ0) is 15.7. The summed E-state index contributed by atoms with van der Waals surface area (Å²) < 4.78 is 13.9. The van der Waals surface area contributed by atoms with Gasteiger partial charge in [-0.1, -0.05) is 51.8 Å². The number of rotatable bonds is 10. The average Bonchev–Trinajstić information content (AvgIpc) is 2.52. The number of hydrogen-bond donors (Lipinski definition) is 1. The van der Waals surface area contributed by atoms with Gasteiger partial charge in [-0.3, -0.25) is 0 Å². The lowest BCUT2D eigenvalue weighted by molar-refractivity contribution is 0.222. The van der Waals surface area contributed by atoms with Crippen molar-refractivity contribution in [2.45, 2.75) is 46.1 Å². The highest BCUT2D eigenvalue weighted by molar-refractivity contribution is 5.21. The molecule has 0 radical (unpaired) electrons. The maximum atomic E-state index is 13.9. The highest BCUT2D eigenvalue weighted by Gasteiger charge is 2.16. The standard InChI is InChI=1S/C18H31FN2/c1-5-15(6-2)14-21(7-3)13-12-18(20-4)16-10-8-9-11-17(16)19/h8-11,15,18,20H,5-7,12-14H2,1-4H3. The Hall–Kier alpha value is -0.930. The van der Waals surface area contributed by atoms with E-state index in [1.807, 2.05) is 19.2 Å². The molecule has 0 saturated heterocycles. The van der Waals surface area contributed by atoms with Crippen LogP contribution in [-0.4, -0.2) is 31.6 Å². The average molecular weight is 294 g/mol. The van der Waals surface area contributed by atoms with E-state index in [0.717, 1.165) is 37.5 Å². The lowest BCUT2D eigenvalue weighted by atomic mass is 10.0. The van der Waals surface area contributed by atoms with E-state index in [9.17, 15) is 4.39 Å². The van der Waals surface area contributed by atoms with Crippen LogP contribution in [0.3, 0.4) is 0 Å². The van der Waals surface area contributed by atoms with Crippen molar-refractivity contribution in [1.29, 1.82) is 0 Å². The molecule has 0 bridgehead atoms. The van der Waals surface area contributed by atoms with Crippen LogP contribution >= 0.6 is 0 Å². The summed E-state index contributed by atoms with van der Waals surface area (Å²) in [6, 6.07) is 7.17. The number of benzene rings is 1. The van der Waals surface area contributed by atoms with Gasteiger partial charge in [0, 0.05) is 18.2 Å². The Morgan fingerprint density at radius 1 is 1.14 bits per heavy atom. The minimum absolute atomic E-state index is 0.0851. The normalized spacial score (nSPS) is 13.1. The Morgan fingerprint density at radius 2 is 1.81 bits per heavy atom. The lowest BCUT2D eigenvalue weighted by Gasteiger charge is -2.27. The smallest absolute Gasteiger partial charge is 0.127 e. The Kier molecular flexibility index (Phi) is 8.55. The van der Waals surface area contributed by atoms with Crippen LogP contribution in [0, 0.1) is 11.7 Å². The van der Waals surface area contributed by atoms with E-state index < -0.39 is 0 Å². The molecular formula is C18H31FN2. The fourth-order valence-corrected chi connectivity index (χ4v) is 2.82. The summed E-state index contributed by atoms with van der Waals surface area (Å²) in [5.74, 6) is 0.659. The van der Waals surface area contributed by atoms with Gasteiger partial charge in [0.15, 0.2) is 0 Å². The maximum absolute atomic E-state index is 13.9. The lowest BCUT2D eigenvalue weighted by Crippen LogP contribution is -2.32. The molecule has 0 heterocycles. The zero-order valence-corrected chi connectivity index (χ0v) is 14.0. The molecule has 2 nitrogen and oxygen atoms in total. The summed E-state index contributed by atoms with van der Waals surface area (Å²) >= 11 is 0. The third kappa shape index (κ3) is 5.76. The minimum atomic E-state index is -0.111. The summed E-state index contributed by atoms with van der Waals surface area (Å²) in [6.45, 7) is 9.95. The number of nitrogens with one attached hydrogen (secondary N) is 1. The molecule has 1 N–H and O–H groups in total. The molecule has 1 aromatic rings. The molecule has 0 fully saturated rings. The summed E-state index contributed by atoms with van der Waals surface area (Å²) in [5.41, 5.74) is 0.776. The van der Waals surface area contributed by atoms with Gasteiger partial charge in [-0.15, -0.1) is 0 Å². The fourth-order valence-electron chi connectivity index (χ4n) is 2.82. The van der Waals surface area contributed by atoms with E-state index in [1.165, 1.54) is 12.8 Å². The Labute approximate surface area is 129 Å². The first-order valence-electron chi connectivity index (χ1n) is 8.30. The van der Waals surface area contributed by atoms with Gasteiger partial charge < -0.3 is 10.2 Å². The second-order valence-corrected chi connectivity index (χ2v) is 5.73. The van der Waals surface area contributed by atoms with Gasteiger partial charge in [-0.05, 0) is 38.5 Å². The van der Waals surface area contributed by atoms with Gasteiger partial charge in [0.25, 0.3) is 0 Å². The van der Waals surface area contributed by atoms with Gasteiger partial charge in [0.05, 0.1) is 0 Å². The Bertz CT molecular complexity index is 391. The quantitative estimate of drug-likeness (QED) is 0.694. The molecule has 0 aromatic heterocycles. The van der Waals surface area contributed by atoms with Crippen LogP contribution < -0.4 is 5.32 Å². The number of halogens is 1. The third-order valence-electron chi connectivity index (χ3n) is 4.48. The molecule has 1 rings (SSSR count). The minimum Gasteiger partial charge on any atom is -0.313 e. The highest BCUT2D eigenvalue weighted by atomic mass is 19.1. The first-order chi connectivity index (χ1) is 10.2. The highest BCUT2D eigenvalue weighted by Crippen LogP contribution is 2.20. The Balaban J connectivity index is 2.59. The zero-order valence-electron chi connectivity index (χ0n) is 14.0. The van der Waals surface area contributed by atoms with E-state index in [-0.39, 0.29) is 11.9 Å². The number of hydrogen-bond acceptors (Lipinski definition) is 2. The van der Waals surface area contributed by atoms with Gasteiger partial charge in [-0.25, -0.2) is 4.39 Å². The number of nitrogens with zero attached hydrogens (tertiary/aromatic N) is 1. The molecular weight excluding hydrogens is 263 g/mol. The monoisotopic (exact) mass is 294 g/mol. The molecule has 21 heavy (non-hydrogen) atoms. The van der Waals surface area contributed by atoms with Crippen molar-refractivity contribution < 1.29 is 4.39 Å². The van der Waals surface area contributed by atoms with Crippen LogP contribution in [-0.2, 0) is 0 Å². The maximum Gasteiger partial charge on any atom is 0.127 e. The van der Waals surface area contributed by atoms with Crippen LogP contribution in [0.5, 0.6) is 0 Å². The van der Waals surface area contributed by atoms with E-state index in [0.29, 0.717) is 0 Å². The van der Waals surface area contributed by atoms with Crippen LogP contribution in [0.4, 0.5) is 4.39 Å². The molecule has 0 aliphatic rings. The molecule has 1 atom stereocenters. The molecule has 0 aliphatic carbocycles. The molecule has 1 unspecified atom stereocenters. The van der Waals surface area contributed by atoms with E-state index in [4.69, 9.17) is 0 Å². The summed E-state index contributed by atoms with van der Waals surface area (Å²) in [5, 5.41) is 3.25. The summed E-state index contributed by atoms with van der Waals surface area (Å²) in [6.07, 6.45) is 3.40. The van der Waals surface area contributed by atoms with Crippen LogP contribution in [0.2, 0.25) is 0 Å². The van der Waals surface area contributed by atoms with Crippen molar-refractivity contribution in [2.24, 2.45) is 5.92 Å². The topological polar surface area (TPSA) is 15.3 Å². The molecule has 120 valence electrons. The van der Waals surface area contributed by atoms with Crippen molar-refractivity contribution in [1.82, 2.24) is 10.2 Å². The largest absolute Gasteiger partial charge is 0.313 e. The Morgan fingerprint density at radius 3 is 2.33 bits per heavy atom. The molecule has 1 aromatic carbocycles. The SMILES string of the molecule is CCC(CC)CN(CC)CCC(NC)c1ccccc1F. The van der Waals surface area contributed by atoms with E-state index >= 15 is 0 Å². The molecule has 0 aliphatic heterocycles. The van der Waals surface area contributed by atoms with E-state index in [1.54, 1.807) is 12.1 Å². The van der Waals surface area contributed by atoms with Crippen molar-refractivity contribution in [3.8, 4) is 0 Å². The van der Waals surface area contributed by atoms with Crippen LogP contribution in [0.25, 0.3) is 0 Å². The van der Waals surface area contributed by atoms with Crippen molar-refractivity contribution in [3.05, 3.63) is 35.6 Å². The van der Waals surface area contributed by atoms with Crippen LogP contribution in [0.1, 0.15) is 51.6 Å². The third-order valence-corrected chi connectivity index (χ3v) is 4.48. The predicted molar refractivity (Wildman–Crippen MR) is 89.0 cm³/mol. The van der Waals surface area contributed by atoms with Gasteiger partial charge in [0.2, 0.25) is 0 Å². The molecule has 0 amide bonds.